The van der Waals surface area contributed by atoms with Crippen LogP contribution in [0.2, 0.25) is 0 Å². The van der Waals surface area contributed by atoms with Gasteiger partial charge in [-0.2, -0.15) is 0 Å². The summed E-state index contributed by atoms with van der Waals surface area (Å²) in [5.41, 5.74) is 8.87. The van der Waals surface area contributed by atoms with Crippen molar-refractivity contribution >= 4 is 6.09 Å². The summed E-state index contributed by atoms with van der Waals surface area (Å²) >= 11 is 0. The highest BCUT2D eigenvalue weighted by Gasteiger charge is 2.35. The second-order valence-electron chi connectivity index (χ2n) is 6.24. The minimum absolute atomic E-state index is 0.224. The summed E-state index contributed by atoms with van der Waals surface area (Å²) in [6.07, 6.45) is -0.405. The van der Waals surface area contributed by atoms with Crippen molar-refractivity contribution in [2.24, 2.45) is 0 Å². The number of rotatable bonds is 4. The average molecular weight is 344 g/mol. The Hall–Kier alpha value is -3.11. The van der Waals surface area contributed by atoms with Crippen molar-refractivity contribution < 1.29 is 9.53 Å². The maximum absolute atomic E-state index is 12.6. The molecular formula is C22H20N2O2. The van der Waals surface area contributed by atoms with Gasteiger partial charge in [-0.3, -0.25) is 0 Å². The number of amides is 1. The first-order chi connectivity index (χ1) is 12.8. The van der Waals surface area contributed by atoms with E-state index >= 15 is 0 Å². The molecule has 26 heavy (non-hydrogen) atoms. The number of ether oxygens (including phenoxy) is 1. The fourth-order valence-corrected chi connectivity index (χ4v) is 3.54. The van der Waals surface area contributed by atoms with Gasteiger partial charge in [-0.15, -0.1) is 0 Å². The molecule has 1 aliphatic rings. The predicted octanol–water partition coefficient (Wildman–Crippen LogP) is 4.53. The quantitative estimate of drug-likeness (QED) is 0.707. The SMILES string of the molecule is COC(=O)N(NCc1ccccc1)C1c2ccccc2-c2ccccc21. The normalized spacial score (nSPS) is 12.3. The van der Waals surface area contributed by atoms with Gasteiger partial charge in [0.15, 0.2) is 0 Å². The summed E-state index contributed by atoms with van der Waals surface area (Å²) in [6.45, 7) is 0.538. The topological polar surface area (TPSA) is 41.6 Å². The highest BCUT2D eigenvalue weighted by atomic mass is 16.5. The van der Waals surface area contributed by atoms with Crippen molar-refractivity contribution in [1.29, 1.82) is 0 Å². The van der Waals surface area contributed by atoms with Crippen molar-refractivity contribution in [1.82, 2.24) is 10.4 Å². The fraction of sp³-hybridized carbons (Fsp3) is 0.136. The number of hydrogen-bond acceptors (Lipinski definition) is 3. The molecule has 1 aliphatic carbocycles. The third-order valence-corrected chi connectivity index (χ3v) is 4.73. The summed E-state index contributed by atoms with van der Waals surface area (Å²) in [7, 11) is 1.41. The van der Waals surface area contributed by atoms with Crippen LogP contribution in [-0.4, -0.2) is 18.2 Å². The summed E-state index contributed by atoms with van der Waals surface area (Å²) in [4.78, 5) is 12.6. The molecule has 4 heteroatoms. The molecule has 4 nitrogen and oxygen atoms in total. The molecule has 0 bridgehead atoms. The zero-order chi connectivity index (χ0) is 17.9. The van der Waals surface area contributed by atoms with E-state index in [1.165, 1.54) is 7.11 Å². The van der Waals surface area contributed by atoms with Crippen LogP contribution in [0.4, 0.5) is 4.79 Å². The van der Waals surface area contributed by atoms with Gasteiger partial charge in [0.25, 0.3) is 0 Å². The number of hydrazine groups is 1. The number of methoxy groups -OCH3 is 1. The lowest BCUT2D eigenvalue weighted by Gasteiger charge is -2.29. The van der Waals surface area contributed by atoms with Crippen LogP contribution in [-0.2, 0) is 11.3 Å². The summed E-state index contributed by atoms with van der Waals surface area (Å²) in [6, 6.07) is 26.2. The van der Waals surface area contributed by atoms with Gasteiger partial charge in [0.1, 0.15) is 6.04 Å². The Balaban J connectivity index is 1.72. The largest absolute Gasteiger partial charge is 0.452 e. The van der Waals surface area contributed by atoms with Gasteiger partial charge in [0.2, 0.25) is 0 Å². The third kappa shape index (κ3) is 2.85. The molecule has 0 aromatic heterocycles. The second kappa shape index (κ2) is 7.02. The first kappa shape index (κ1) is 16.4. The summed E-state index contributed by atoms with van der Waals surface area (Å²) in [5, 5.41) is 1.59. The van der Waals surface area contributed by atoms with E-state index < -0.39 is 6.09 Å². The number of carbonyl (C=O) groups is 1. The van der Waals surface area contributed by atoms with E-state index in [1.54, 1.807) is 5.01 Å². The molecule has 3 aromatic rings. The standard InChI is InChI=1S/C22H20N2O2/c1-26-22(25)24(23-15-16-9-3-2-4-10-16)21-19-13-7-5-11-17(19)18-12-6-8-14-20(18)21/h2-14,21,23H,15H2,1H3. The number of benzene rings is 3. The predicted molar refractivity (Wildman–Crippen MR) is 101 cm³/mol. The van der Waals surface area contributed by atoms with Crippen molar-refractivity contribution in [3.05, 3.63) is 95.6 Å². The summed E-state index contributed by atoms with van der Waals surface area (Å²) in [5.74, 6) is 0. The Morgan fingerprint density at radius 1 is 0.885 bits per heavy atom. The van der Waals surface area contributed by atoms with Gasteiger partial charge in [-0.05, 0) is 27.8 Å². The summed E-state index contributed by atoms with van der Waals surface area (Å²) < 4.78 is 5.07. The highest BCUT2D eigenvalue weighted by molar-refractivity contribution is 5.81. The molecule has 4 rings (SSSR count). The van der Waals surface area contributed by atoms with E-state index in [0.717, 1.165) is 27.8 Å². The molecule has 0 saturated heterocycles. The second-order valence-corrected chi connectivity index (χ2v) is 6.24. The van der Waals surface area contributed by atoms with E-state index in [1.807, 2.05) is 54.6 Å². The van der Waals surface area contributed by atoms with E-state index in [0.29, 0.717) is 6.54 Å². The zero-order valence-corrected chi connectivity index (χ0v) is 14.6. The van der Waals surface area contributed by atoms with Gasteiger partial charge < -0.3 is 4.74 Å². The van der Waals surface area contributed by atoms with Gasteiger partial charge in [0, 0.05) is 6.54 Å². The molecule has 0 aliphatic heterocycles. The molecule has 0 radical (unpaired) electrons. The smallest absolute Gasteiger partial charge is 0.424 e. The first-order valence-electron chi connectivity index (χ1n) is 8.62. The van der Waals surface area contributed by atoms with Crippen molar-refractivity contribution in [3.63, 3.8) is 0 Å². The van der Waals surface area contributed by atoms with Gasteiger partial charge >= 0.3 is 6.09 Å². The van der Waals surface area contributed by atoms with Crippen LogP contribution < -0.4 is 5.43 Å². The Morgan fingerprint density at radius 3 is 2.00 bits per heavy atom. The van der Waals surface area contributed by atoms with E-state index in [4.69, 9.17) is 4.74 Å². The molecule has 1 N–H and O–H groups in total. The number of nitrogens with zero attached hydrogens (tertiary/aromatic N) is 1. The monoisotopic (exact) mass is 344 g/mol. The maximum Gasteiger partial charge on any atom is 0.424 e. The zero-order valence-electron chi connectivity index (χ0n) is 14.6. The van der Waals surface area contributed by atoms with E-state index in [-0.39, 0.29) is 6.04 Å². The molecule has 0 atom stereocenters. The fourth-order valence-electron chi connectivity index (χ4n) is 3.54. The van der Waals surface area contributed by atoms with Crippen LogP contribution in [0.25, 0.3) is 11.1 Å². The molecular weight excluding hydrogens is 324 g/mol. The third-order valence-electron chi connectivity index (χ3n) is 4.73. The minimum Gasteiger partial charge on any atom is -0.452 e. The Morgan fingerprint density at radius 2 is 1.42 bits per heavy atom. The molecule has 0 heterocycles. The average Bonchev–Trinajstić information content (AvgIpc) is 3.03. The lowest BCUT2D eigenvalue weighted by atomic mass is 10.1. The highest BCUT2D eigenvalue weighted by Crippen LogP contribution is 2.45. The van der Waals surface area contributed by atoms with Crippen LogP contribution >= 0.6 is 0 Å². The van der Waals surface area contributed by atoms with E-state index in [9.17, 15) is 4.79 Å². The lowest BCUT2D eigenvalue weighted by molar-refractivity contribution is 0.0845. The Labute approximate surface area is 153 Å². The van der Waals surface area contributed by atoms with Crippen molar-refractivity contribution in [2.45, 2.75) is 12.6 Å². The molecule has 0 saturated carbocycles. The Kier molecular flexibility index (Phi) is 4.42. The van der Waals surface area contributed by atoms with Crippen molar-refractivity contribution in [3.8, 4) is 11.1 Å². The van der Waals surface area contributed by atoms with Gasteiger partial charge in [-0.25, -0.2) is 15.2 Å². The first-order valence-corrected chi connectivity index (χ1v) is 8.62. The van der Waals surface area contributed by atoms with E-state index in [2.05, 4.69) is 29.7 Å². The molecule has 3 aromatic carbocycles. The van der Waals surface area contributed by atoms with Gasteiger partial charge in [-0.1, -0.05) is 78.9 Å². The van der Waals surface area contributed by atoms with Crippen LogP contribution in [0.5, 0.6) is 0 Å². The molecule has 0 spiro atoms. The minimum atomic E-state index is -0.405. The van der Waals surface area contributed by atoms with Crippen LogP contribution in [0.15, 0.2) is 78.9 Å². The molecule has 130 valence electrons. The van der Waals surface area contributed by atoms with Crippen molar-refractivity contribution in [2.75, 3.05) is 7.11 Å². The number of carbonyl (C=O) groups excluding carboxylic acids is 1. The van der Waals surface area contributed by atoms with Crippen LogP contribution in [0, 0.1) is 0 Å². The molecule has 1 amide bonds. The number of fused-ring (bicyclic) bond motifs is 3. The number of hydrogen-bond donors (Lipinski definition) is 1. The molecule has 0 unspecified atom stereocenters. The number of nitrogens with one attached hydrogen (secondary N) is 1. The Bertz CT molecular complexity index is 879. The maximum atomic E-state index is 12.6. The molecule has 0 fully saturated rings. The van der Waals surface area contributed by atoms with Gasteiger partial charge in [0.05, 0.1) is 7.11 Å². The van der Waals surface area contributed by atoms with Crippen LogP contribution in [0.3, 0.4) is 0 Å². The van der Waals surface area contributed by atoms with Crippen LogP contribution in [0.1, 0.15) is 22.7 Å². The lowest BCUT2D eigenvalue weighted by Crippen LogP contribution is -2.44.